The molecule has 0 aromatic rings. The van der Waals surface area contributed by atoms with E-state index in [0.717, 1.165) is 57.8 Å². The van der Waals surface area contributed by atoms with Crippen LogP contribution in [0.3, 0.4) is 0 Å². The van der Waals surface area contributed by atoms with E-state index in [9.17, 15) is 14.2 Å². The standard InChI is InChI=1S/C41H67O8P/c1-3-5-7-9-11-13-15-17-19-20-22-23-25-27-29-31-33-35-40(42)47-37-39(38-48-50(44,45)46)49-41(43)36-34-32-30-28-26-24-21-18-16-14-12-10-8-6-4-2/h5,7,11,13,17-19,21-23,26-29,39H,3-4,6,8-10,12,14-16,20,24-25,30-38H2,1-2H3,(H2,44,45,46)/b7-5+,13-11+,19-17+,21-18+,23-22+,28-26+,29-27+/t39-/m1/s1. The summed E-state index contributed by atoms with van der Waals surface area (Å²) in [4.78, 5) is 42.7. The van der Waals surface area contributed by atoms with E-state index < -0.39 is 32.5 Å². The van der Waals surface area contributed by atoms with Crippen molar-refractivity contribution in [2.75, 3.05) is 13.2 Å². The molecule has 0 amide bonds. The maximum Gasteiger partial charge on any atom is 0.469 e. The highest BCUT2D eigenvalue weighted by atomic mass is 31.2. The third kappa shape index (κ3) is 38.0. The topological polar surface area (TPSA) is 119 Å². The lowest BCUT2D eigenvalue weighted by Crippen LogP contribution is -2.29. The largest absolute Gasteiger partial charge is 0.469 e. The van der Waals surface area contributed by atoms with Crippen LogP contribution in [0.1, 0.15) is 142 Å². The third-order valence-corrected chi connectivity index (χ3v) is 7.88. The molecule has 0 radical (unpaired) electrons. The predicted molar refractivity (Wildman–Crippen MR) is 207 cm³/mol. The summed E-state index contributed by atoms with van der Waals surface area (Å²) in [5.41, 5.74) is 0. The van der Waals surface area contributed by atoms with Gasteiger partial charge in [0.05, 0.1) is 6.61 Å². The maximum atomic E-state index is 12.3. The molecule has 0 aromatic carbocycles. The first kappa shape index (κ1) is 47.2. The van der Waals surface area contributed by atoms with E-state index >= 15 is 0 Å². The molecular formula is C41H67O8P. The van der Waals surface area contributed by atoms with Crippen LogP contribution in [-0.4, -0.2) is 41.0 Å². The summed E-state index contributed by atoms with van der Waals surface area (Å²) in [5.74, 6) is -1.00. The van der Waals surface area contributed by atoms with Crippen molar-refractivity contribution in [3.8, 4) is 0 Å². The van der Waals surface area contributed by atoms with Gasteiger partial charge in [0.2, 0.25) is 0 Å². The molecule has 0 unspecified atom stereocenters. The number of carbonyl (C=O) groups excluding carboxylic acids is 2. The second kappa shape index (κ2) is 36.0. The summed E-state index contributed by atoms with van der Waals surface area (Å²) in [6, 6.07) is 0. The molecule has 0 fully saturated rings. The average Bonchev–Trinajstić information content (AvgIpc) is 3.08. The van der Waals surface area contributed by atoms with Crippen LogP contribution in [0.4, 0.5) is 0 Å². The van der Waals surface area contributed by atoms with Gasteiger partial charge in [0.25, 0.3) is 0 Å². The molecular weight excluding hydrogens is 651 g/mol. The molecule has 0 heterocycles. The zero-order valence-corrected chi connectivity index (χ0v) is 31.9. The molecule has 0 aliphatic heterocycles. The molecule has 0 aliphatic carbocycles. The normalized spacial score (nSPS) is 13.4. The van der Waals surface area contributed by atoms with Crippen LogP contribution in [0.15, 0.2) is 85.1 Å². The Labute approximate surface area is 303 Å². The number of phosphoric ester groups is 1. The van der Waals surface area contributed by atoms with Gasteiger partial charge in [-0.05, 0) is 83.5 Å². The summed E-state index contributed by atoms with van der Waals surface area (Å²) in [5, 5.41) is 0. The number of rotatable bonds is 33. The van der Waals surface area contributed by atoms with Crippen LogP contribution in [0, 0.1) is 0 Å². The minimum atomic E-state index is -4.78. The zero-order chi connectivity index (χ0) is 36.8. The molecule has 1 atom stereocenters. The molecule has 0 rings (SSSR count). The van der Waals surface area contributed by atoms with Crippen molar-refractivity contribution in [1.82, 2.24) is 0 Å². The summed E-state index contributed by atoms with van der Waals surface area (Å²) in [7, 11) is -4.78. The molecule has 0 saturated carbocycles. The fourth-order valence-electron chi connectivity index (χ4n) is 4.61. The van der Waals surface area contributed by atoms with Crippen LogP contribution < -0.4 is 0 Å². The molecule has 9 heteroatoms. The average molecular weight is 719 g/mol. The molecule has 0 aliphatic rings. The molecule has 0 saturated heterocycles. The van der Waals surface area contributed by atoms with Gasteiger partial charge in [-0.3, -0.25) is 14.1 Å². The Balaban J connectivity index is 4.15. The van der Waals surface area contributed by atoms with Crippen LogP contribution in [0.25, 0.3) is 0 Å². The number of phosphoric acid groups is 1. The highest BCUT2D eigenvalue weighted by Crippen LogP contribution is 2.35. The van der Waals surface area contributed by atoms with Crippen molar-refractivity contribution in [2.24, 2.45) is 0 Å². The molecule has 0 aromatic heterocycles. The fraction of sp³-hybridized carbons (Fsp3) is 0.610. The first-order valence-corrected chi connectivity index (χ1v) is 20.4. The second-order valence-electron chi connectivity index (χ2n) is 12.2. The van der Waals surface area contributed by atoms with Gasteiger partial charge >= 0.3 is 19.8 Å². The Morgan fingerprint density at radius 2 is 0.980 bits per heavy atom. The first-order chi connectivity index (χ1) is 24.3. The molecule has 8 nitrogen and oxygen atoms in total. The minimum Gasteiger partial charge on any atom is -0.462 e. The highest BCUT2D eigenvalue weighted by molar-refractivity contribution is 7.46. The van der Waals surface area contributed by atoms with Crippen molar-refractivity contribution >= 4 is 19.8 Å². The number of carbonyl (C=O) groups is 2. The number of unbranched alkanes of at least 4 members (excludes halogenated alkanes) is 9. The highest BCUT2D eigenvalue weighted by Gasteiger charge is 2.22. The van der Waals surface area contributed by atoms with Gasteiger partial charge in [-0.2, -0.15) is 0 Å². The van der Waals surface area contributed by atoms with Crippen molar-refractivity contribution in [3.63, 3.8) is 0 Å². The van der Waals surface area contributed by atoms with Gasteiger partial charge in [0, 0.05) is 12.8 Å². The summed E-state index contributed by atoms with van der Waals surface area (Å²) < 4.78 is 26.2. The fourth-order valence-corrected chi connectivity index (χ4v) is 4.97. The number of hydrogen-bond donors (Lipinski definition) is 2. The molecule has 284 valence electrons. The van der Waals surface area contributed by atoms with Crippen LogP contribution >= 0.6 is 7.82 Å². The van der Waals surface area contributed by atoms with Gasteiger partial charge in [-0.15, -0.1) is 0 Å². The Morgan fingerprint density at radius 1 is 0.540 bits per heavy atom. The lowest BCUT2D eigenvalue weighted by atomic mass is 10.1. The predicted octanol–water partition coefficient (Wildman–Crippen LogP) is 11.3. The third-order valence-electron chi connectivity index (χ3n) is 7.40. The number of hydrogen-bond acceptors (Lipinski definition) is 6. The Morgan fingerprint density at radius 3 is 1.50 bits per heavy atom. The van der Waals surface area contributed by atoms with Crippen LogP contribution in [0.2, 0.25) is 0 Å². The van der Waals surface area contributed by atoms with Crippen molar-refractivity contribution in [3.05, 3.63) is 85.1 Å². The molecule has 0 spiro atoms. The van der Waals surface area contributed by atoms with Gasteiger partial charge in [0.1, 0.15) is 6.61 Å². The second-order valence-corrected chi connectivity index (χ2v) is 13.4. The quantitative estimate of drug-likeness (QED) is 0.0298. The monoisotopic (exact) mass is 718 g/mol. The van der Waals surface area contributed by atoms with E-state index in [-0.39, 0.29) is 19.4 Å². The van der Waals surface area contributed by atoms with Gasteiger partial charge < -0.3 is 19.3 Å². The number of allylic oxidation sites excluding steroid dienone is 14. The number of ether oxygens (including phenoxy) is 2. The molecule has 50 heavy (non-hydrogen) atoms. The Kier molecular flexibility index (Phi) is 34.0. The zero-order valence-electron chi connectivity index (χ0n) is 31.0. The lowest BCUT2D eigenvalue weighted by Gasteiger charge is -2.18. The summed E-state index contributed by atoms with van der Waals surface area (Å²) in [6.07, 6.45) is 47.4. The van der Waals surface area contributed by atoms with Crippen LogP contribution in [-0.2, 0) is 28.2 Å². The molecule has 2 N–H and O–H groups in total. The number of esters is 2. The van der Waals surface area contributed by atoms with Crippen LogP contribution in [0.5, 0.6) is 0 Å². The van der Waals surface area contributed by atoms with Crippen molar-refractivity contribution in [2.45, 2.75) is 148 Å². The van der Waals surface area contributed by atoms with E-state index in [1.54, 1.807) is 0 Å². The maximum absolute atomic E-state index is 12.3. The van der Waals surface area contributed by atoms with Gasteiger partial charge in [0.15, 0.2) is 6.10 Å². The van der Waals surface area contributed by atoms with Gasteiger partial charge in [-0.1, -0.05) is 131 Å². The SMILES string of the molecule is CC/C=C/C/C=C/C/C=C/C/C=C/C/C=C/CCCC(=O)OC[C@H](COP(=O)(O)O)OC(=O)CCCC/C=C/C/C=C/CCCCCCCC. The van der Waals surface area contributed by atoms with E-state index in [1.807, 2.05) is 6.08 Å². The van der Waals surface area contributed by atoms with Crippen molar-refractivity contribution < 1.29 is 37.9 Å². The Hall–Kier alpha value is -2.77. The smallest absolute Gasteiger partial charge is 0.462 e. The van der Waals surface area contributed by atoms with E-state index in [0.29, 0.717) is 19.3 Å². The van der Waals surface area contributed by atoms with E-state index in [1.165, 1.54) is 38.5 Å². The lowest BCUT2D eigenvalue weighted by molar-refractivity contribution is -0.161. The van der Waals surface area contributed by atoms with E-state index in [4.69, 9.17) is 19.3 Å². The minimum absolute atomic E-state index is 0.152. The first-order valence-electron chi connectivity index (χ1n) is 18.9. The van der Waals surface area contributed by atoms with Gasteiger partial charge in [-0.25, -0.2) is 4.57 Å². The molecule has 0 bridgehead atoms. The van der Waals surface area contributed by atoms with Crippen molar-refractivity contribution in [1.29, 1.82) is 0 Å². The summed E-state index contributed by atoms with van der Waals surface area (Å²) >= 11 is 0. The Bertz CT molecular complexity index is 1080. The summed E-state index contributed by atoms with van der Waals surface area (Å²) in [6.45, 7) is 3.46. The van der Waals surface area contributed by atoms with E-state index in [2.05, 4.69) is 97.4 Å².